The van der Waals surface area contributed by atoms with Crippen LogP contribution in [0.3, 0.4) is 0 Å². The summed E-state index contributed by atoms with van der Waals surface area (Å²) in [5.74, 6) is 0.281. The van der Waals surface area contributed by atoms with E-state index in [2.05, 4.69) is 10.3 Å². The molecule has 90 valence electrons. The first-order valence-corrected chi connectivity index (χ1v) is 5.27. The Morgan fingerprint density at radius 3 is 2.44 bits per heavy atom. The van der Waals surface area contributed by atoms with Crippen molar-refractivity contribution in [3.8, 4) is 0 Å². The van der Waals surface area contributed by atoms with Gasteiger partial charge in [0.15, 0.2) is 0 Å². The van der Waals surface area contributed by atoms with Crippen molar-refractivity contribution in [3.63, 3.8) is 0 Å². The molecular weight excluding hydrogens is 217 g/mol. The van der Waals surface area contributed by atoms with Gasteiger partial charge in [0.05, 0.1) is 5.56 Å². The lowest BCUT2D eigenvalue weighted by Crippen LogP contribution is -2.18. The van der Waals surface area contributed by atoms with Crippen molar-refractivity contribution < 1.29 is 13.2 Å². The Bertz CT molecular complexity index is 332. The second kappa shape index (κ2) is 5.18. The van der Waals surface area contributed by atoms with Gasteiger partial charge in [-0.25, -0.2) is 4.98 Å². The monoisotopic (exact) mass is 232 g/mol. The van der Waals surface area contributed by atoms with Gasteiger partial charge in [-0.3, -0.25) is 0 Å². The smallest absolute Gasteiger partial charge is 0.367 e. The van der Waals surface area contributed by atoms with Gasteiger partial charge in [0.1, 0.15) is 5.82 Å². The number of rotatable bonds is 4. The van der Waals surface area contributed by atoms with E-state index in [-0.39, 0.29) is 11.9 Å². The van der Waals surface area contributed by atoms with Gasteiger partial charge < -0.3 is 5.32 Å². The van der Waals surface area contributed by atoms with E-state index in [1.165, 1.54) is 6.20 Å². The highest BCUT2D eigenvalue weighted by molar-refractivity contribution is 5.39. The van der Waals surface area contributed by atoms with Crippen LogP contribution in [0.4, 0.5) is 19.0 Å². The Kier molecular flexibility index (Phi) is 4.15. The molecule has 0 radical (unpaired) electrons. The van der Waals surface area contributed by atoms with Gasteiger partial charge in [0.2, 0.25) is 0 Å². The number of anilines is 1. The summed E-state index contributed by atoms with van der Waals surface area (Å²) in [6.45, 7) is 3.96. The van der Waals surface area contributed by atoms with E-state index in [1.54, 1.807) is 0 Å². The van der Waals surface area contributed by atoms with Gasteiger partial charge in [-0.05, 0) is 25.0 Å². The van der Waals surface area contributed by atoms with E-state index in [0.29, 0.717) is 0 Å². The number of halogens is 3. The number of pyridine rings is 1. The van der Waals surface area contributed by atoms with Crippen molar-refractivity contribution in [1.82, 2.24) is 4.98 Å². The van der Waals surface area contributed by atoms with Gasteiger partial charge in [0, 0.05) is 12.2 Å². The fourth-order valence-corrected chi connectivity index (χ4v) is 1.39. The van der Waals surface area contributed by atoms with Gasteiger partial charge in [0.25, 0.3) is 0 Å². The van der Waals surface area contributed by atoms with Gasteiger partial charge in [-0.15, -0.1) is 0 Å². The zero-order valence-electron chi connectivity index (χ0n) is 9.30. The Labute approximate surface area is 92.9 Å². The molecule has 0 aromatic carbocycles. The van der Waals surface area contributed by atoms with E-state index in [4.69, 9.17) is 0 Å². The maximum atomic E-state index is 12.4. The highest BCUT2D eigenvalue weighted by Gasteiger charge is 2.30. The summed E-state index contributed by atoms with van der Waals surface area (Å²) in [6.07, 6.45) is -1.43. The molecule has 0 aliphatic rings. The number of hydrogen-bond acceptors (Lipinski definition) is 2. The number of aromatic nitrogens is 1. The van der Waals surface area contributed by atoms with Crippen molar-refractivity contribution >= 4 is 5.82 Å². The molecule has 0 spiro atoms. The molecule has 1 rings (SSSR count). The number of nitrogens with one attached hydrogen (secondary N) is 1. The second-order valence-corrected chi connectivity index (χ2v) is 3.59. The molecular formula is C11H15F3N2. The van der Waals surface area contributed by atoms with Gasteiger partial charge in [-0.2, -0.15) is 13.2 Å². The Hall–Kier alpha value is -1.26. The summed E-state index contributed by atoms with van der Waals surface area (Å²) in [4.78, 5) is 3.88. The van der Waals surface area contributed by atoms with Crippen LogP contribution in [0.2, 0.25) is 0 Å². The van der Waals surface area contributed by atoms with Gasteiger partial charge >= 0.3 is 6.18 Å². The fraction of sp³-hybridized carbons (Fsp3) is 0.545. The lowest BCUT2D eigenvalue weighted by atomic mass is 10.1. The normalized spacial score (nSPS) is 11.9. The Morgan fingerprint density at radius 2 is 1.94 bits per heavy atom. The Balaban J connectivity index is 2.82. The zero-order valence-corrected chi connectivity index (χ0v) is 9.30. The first-order valence-electron chi connectivity index (χ1n) is 5.27. The maximum absolute atomic E-state index is 12.4. The van der Waals surface area contributed by atoms with Crippen molar-refractivity contribution in [1.29, 1.82) is 0 Å². The third-order valence-corrected chi connectivity index (χ3v) is 2.42. The number of hydrogen-bond donors (Lipinski definition) is 1. The molecule has 1 aromatic rings. The van der Waals surface area contributed by atoms with E-state index in [1.807, 2.05) is 13.8 Å². The number of alkyl halides is 3. The molecule has 0 saturated heterocycles. The lowest BCUT2D eigenvalue weighted by molar-refractivity contribution is -0.137. The molecule has 0 unspecified atom stereocenters. The molecule has 1 heterocycles. The zero-order chi connectivity index (χ0) is 12.2. The van der Waals surface area contributed by atoms with E-state index >= 15 is 0 Å². The highest BCUT2D eigenvalue weighted by atomic mass is 19.4. The van der Waals surface area contributed by atoms with Gasteiger partial charge in [-0.1, -0.05) is 13.8 Å². The van der Waals surface area contributed by atoms with Crippen LogP contribution < -0.4 is 5.32 Å². The lowest BCUT2D eigenvalue weighted by Gasteiger charge is -2.16. The topological polar surface area (TPSA) is 24.9 Å². The van der Waals surface area contributed by atoms with E-state index in [9.17, 15) is 13.2 Å². The molecule has 2 nitrogen and oxygen atoms in total. The van der Waals surface area contributed by atoms with Crippen LogP contribution >= 0.6 is 0 Å². The van der Waals surface area contributed by atoms with Crippen molar-refractivity contribution in [2.75, 3.05) is 5.32 Å². The van der Waals surface area contributed by atoms with Crippen molar-refractivity contribution in [2.24, 2.45) is 0 Å². The average molecular weight is 232 g/mol. The summed E-state index contributed by atoms with van der Waals surface area (Å²) in [6, 6.07) is 2.17. The van der Waals surface area contributed by atoms with Crippen LogP contribution in [0.25, 0.3) is 0 Å². The van der Waals surface area contributed by atoms with Crippen LogP contribution in [0.15, 0.2) is 18.3 Å². The first-order chi connectivity index (χ1) is 7.47. The predicted octanol–water partition coefficient (Wildman–Crippen LogP) is 3.70. The molecule has 5 heteroatoms. The largest absolute Gasteiger partial charge is 0.416 e. The number of nitrogens with zero attached hydrogens (tertiary/aromatic N) is 1. The van der Waals surface area contributed by atoms with Crippen LogP contribution in [-0.4, -0.2) is 11.0 Å². The Morgan fingerprint density at radius 1 is 1.31 bits per heavy atom. The van der Waals surface area contributed by atoms with Crippen LogP contribution in [-0.2, 0) is 6.18 Å². The van der Waals surface area contributed by atoms with Crippen molar-refractivity contribution in [3.05, 3.63) is 23.9 Å². The fourth-order valence-electron chi connectivity index (χ4n) is 1.39. The van der Waals surface area contributed by atoms with Crippen molar-refractivity contribution in [2.45, 2.75) is 38.9 Å². The summed E-state index contributed by atoms with van der Waals surface area (Å²) in [5, 5.41) is 2.98. The minimum Gasteiger partial charge on any atom is -0.367 e. The summed E-state index contributed by atoms with van der Waals surface area (Å²) in [7, 11) is 0. The van der Waals surface area contributed by atoms with Crippen LogP contribution in [0, 0.1) is 0 Å². The third-order valence-electron chi connectivity index (χ3n) is 2.42. The standard InChI is InChI=1S/C11H15F3N2/c1-3-9(4-2)16-10-7-8(5-6-15-10)11(12,13)14/h5-7,9H,3-4H2,1-2H3,(H,15,16). The second-order valence-electron chi connectivity index (χ2n) is 3.59. The third kappa shape index (κ3) is 3.40. The molecule has 1 aromatic heterocycles. The maximum Gasteiger partial charge on any atom is 0.416 e. The summed E-state index contributed by atoms with van der Waals surface area (Å²) in [5.41, 5.74) is -0.670. The summed E-state index contributed by atoms with van der Waals surface area (Å²) >= 11 is 0. The first kappa shape index (κ1) is 12.8. The quantitative estimate of drug-likeness (QED) is 0.856. The molecule has 0 amide bonds. The summed E-state index contributed by atoms with van der Waals surface area (Å²) < 4.78 is 37.2. The molecule has 0 bridgehead atoms. The molecule has 0 saturated carbocycles. The predicted molar refractivity (Wildman–Crippen MR) is 57.2 cm³/mol. The molecule has 0 fully saturated rings. The highest BCUT2D eigenvalue weighted by Crippen LogP contribution is 2.30. The molecule has 0 aliphatic carbocycles. The molecule has 0 atom stereocenters. The average Bonchev–Trinajstić information content (AvgIpc) is 2.25. The minimum atomic E-state index is -4.31. The van der Waals surface area contributed by atoms with Crippen LogP contribution in [0.1, 0.15) is 32.3 Å². The van der Waals surface area contributed by atoms with E-state index in [0.717, 1.165) is 25.0 Å². The minimum absolute atomic E-state index is 0.163. The molecule has 1 N–H and O–H groups in total. The molecule has 16 heavy (non-hydrogen) atoms. The molecule has 0 aliphatic heterocycles. The van der Waals surface area contributed by atoms with Crippen LogP contribution in [0.5, 0.6) is 0 Å². The van der Waals surface area contributed by atoms with E-state index < -0.39 is 11.7 Å². The SMILES string of the molecule is CCC(CC)Nc1cc(C(F)(F)F)ccn1.